The van der Waals surface area contributed by atoms with Crippen LogP contribution in [0.15, 0.2) is 22.7 Å². The van der Waals surface area contributed by atoms with Crippen molar-refractivity contribution in [2.24, 2.45) is 0 Å². The molecule has 0 saturated heterocycles. The topological polar surface area (TPSA) is 27.0 Å². The van der Waals surface area contributed by atoms with Crippen LogP contribution in [-0.4, -0.2) is 13.1 Å². The molecule has 0 aliphatic heterocycles. The van der Waals surface area contributed by atoms with Crippen molar-refractivity contribution in [3.05, 3.63) is 28.2 Å². The van der Waals surface area contributed by atoms with Crippen molar-refractivity contribution in [1.82, 2.24) is 0 Å². The van der Waals surface area contributed by atoms with E-state index in [4.69, 9.17) is 5.26 Å². The van der Waals surface area contributed by atoms with Gasteiger partial charge in [-0.1, -0.05) is 15.9 Å². The van der Waals surface area contributed by atoms with Gasteiger partial charge in [-0.2, -0.15) is 5.26 Å². The summed E-state index contributed by atoms with van der Waals surface area (Å²) in [5.74, 6) is 0. The van der Waals surface area contributed by atoms with E-state index in [9.17, 15) is 0 Å². The molecule has 0 fully saturated rings. The third-order valence-corrected chi connectivity index (χ3v) is 2.60. The molecule has 0 aliphatic carbocycles. The fourth-order valence-electron chi connectivity index (χ4n) is 1.41. The molecule has 0 heterocycles. The van der Waals surface area contributed by atoms with Crippen LogP contribution < -0.4 is 4.90 Å². The number of nitrogens with zero attached hydrogens (tertiary/aromatic N) is 2. The zero-order valence-corrected chi connectivity index (χ0v) is 10.0. The van der Waals surface area contributed by atoms with Crippen molar-refractivity contribution >= 4 is 21.6 Å². The van der Waals surface area contributed by atoms with Gasteiger partial charge < -0.3 is 4.90 Å². The van der Waals surface area contributed by atoms with E-state index in [1.807, 2.05) is 18.2 Å². The molecule has 0 radical (unpaired) electrons. The first-order chi connectivity index (χ1) is 6.71. The molecule has 0 bridgehead atoms. The molecular weight excluding hydrogens is 240 g/mol. The zero-order chi connectivity index (χ0) is 10.6. The third-order valence-electron chi connectivity index (χ3n) is 2.14. The highest BCUT2D eigenvalue weighted by atomic mass is 79.9. The molecule has 0 unspecified atom stereocenters. The predicted molar refractivity (Wildman–Crippen MR) is 62.4 cm³/mol. The molecule has 1 rings (SSSR count). The van der Waals surface area contributed by atoms with Crippen molar-refractivity contribution in [2.45, 2.75) is 13.8 Å². The van der Waals surface area contributed by atoms with Crippen molar-refractivity contribution in [3.63, 3.8) is 0 Å². The van der Waals surface area contributed by atoms with Crippen molar-refractivity contribution in [3.8, 4) is 6.07 Å². The standard InChI is InChI=1S/C11H13BrN2/c1-3-14(4-2)11-6-9(8-13)5-10(12)7-11/h5-7H,3-4H2,1-2H3. The van der Waals surface area contributed by atoms with Crippen LogP contribution in [0, 0.1) is 11.3 Å². The Morgan fingerprint density at radius 3 is 2.43 bits per heavy atom. The summed E-state index contributed by atoms with van der Waals surface area (Å²) in [7, 11) is 0. The molecular formula is C11H13BrN2. The average Bonchev–Trinajstić information content (AvgIpc) is 2.19. The first-order valence-electron chi connectivity index (χ1n) is 4.66. The minimum Gasteiger partial charge on any atom is -0.372 e. The summed E-state index contributed by atoms with van der Waals surface area (Å²) in [6, 6.07) is 7.93. The van der Waals surface area contributed by atoms with Gasteiger partial charge in [-0.15, -0.1) is 0 Å². The normalized spacial score (nSPS) is 9.57. The van der Waals surface area contributed by atoms with Gasteiger partial charge in [-0.05, 0) is 32.0 Å². The lowest BCUT2D eigenvalue weighted by Crippen LogP contribution is -2.21. The number of anilines is 1. The number of hydrogen-bond acceptors (Lipinski definition) is 2. The quantitative estimate of drug-likeness (QED) is 0.827. The van der Waals surface area contributed by atoms with E-state index >= 15 is 0 Å². The number of nitriles is 1. The minimum atomic E-state index is 0.696. The van der Waals surface area contributed by atoms with E-state index in [0.29, 0.717) is 5.56 Å². The first-order valence-corrected chi connectivity index (χ1v) is 5.46. The number of benzene rings is 1. The Hall–Kier alpha value is -1.01. The predicted octanol–water partition coefficient (Wildman–Crippen LogP) is 3.17. The summed E-state index contributed by atoms with van der Waals surface area (Å²) >= 11 is 3.40. The Morgan fingerprint density at radius 1 is 1.29 bits per heavy atom. The summed E-state index contributed by atoms with van der Waals surface area (Å²) < 4.78 is 0.957. The second-order valence-corrected chi connectivity index (χ2v) is 3.90. The van der Waals surface area contributed by atoms with Crippen molar-refractivity contribution in [2.75, 3.05) is 18.0 Å². The Labute approximate surface area is 93.3 Å². The van der Waals surface area contributed by atoms with E-state index in [1.54, 1.807) is 0 Å². The maximum Gasteiger partial charge on any atom is 0.0992 e. The van der Waals surface area contributed by atoms with E-state index in [1.165, 1.54) is 0 Å². The average molecular weight is 253 g/mol. The second-order valence-electron chi connectivity index (χ2n) is 2.98. The van der Waals surface area contributed by atoms with Gasteiger partial charge in [-0.25, -0.2) is 0 Å². The molecule has 0 amide bonds. The summed E-state index contributed by atoms with van der Waals surface area (Å²) in [5, 5.41) is 8.82. The monoisotopic (exact) mass is 252 g/mol. The summed E-state index contributed by atoms with van der Waals surface area (Å²) in [4.78, 5) is 2.21. The van der Waals surface area contributed by atoms with Crippen LogP contribution in [0.4, 0.5) is 5.69 Å². The highest BCUT2D eigenvalue weighted by Gasteiger charge is 2.04. The van der Waals surface area contributed by atoms with Gasteiger partial charge in [0, 0.05) is 23.2 Å². The summed E-state index contributed by atoms with van der Waals surface area (Å²) in [6.45, 7) is 6.13. The van der Waals surface area contributed by atoms with Crippen LogP contribution >= 0.6 is 15.9 Å². The molecule has 2 nitrogen and oxygen atoms in total. The molecule has 0 aliphatic rings. The molecule has 3 heteroatoms. The molecule has 1 aromatic rings. The lowest BCUT2D eigenvalue weighted by Gasteiger charge is -2.21. The van der Waals surface area contributed by atoms with Gasteiger partial charge in [0.2, 0.25) is 0 Å². The van der Waals surface area contributed by atoms with Gasteiger partial charge in [0.25, 0.3) is 0 Å². The van der Waals surface area contributed by atoms with Crippen LogP contribution in [-0.2, 0) is 0 Å². The Morgan fingerprint density at radius 2 is 1.93 bits per heavy atom. The number of halogens is 1. The maximum absolute atomic E-state index is 8.82. The van der Waals surface area contributed by atoms with Gasteiger partial charge in [0.15, 0.2) is 0 Å². The van der Waals surface area contributed by atoms with Crippen LogP contribution in [0.5, 0.6) is 0 Å². The molecule has 0 spiro atoms. The SMILES string of the molecule is CCN(CC)c1cc(Br)cc(C#N)c1. The van der Waals surface area contributed by atoms with Gasteiger partial charge in [0.05, 0.1) is 11.6 Å². The fraction of sp³-hybridized carbons (Fsp3) is 0.364. The molecule has 0 aromatic heterocycles. The number of rotatable bonds is 3. The smallest absolute Gasteiger partial charge is 0.0992 e. The third kappa shape index (κ3) is 2.49. The molecule has 0 saturated carbocycles. The fourth-order valence-corrected chi connectivity index (χ4v) is 1.89. The Kier molecular flexibility index (Phi) is 3.97. The molecule has 1 aromatic carbocycles. The van der Waals surface area contributed by atoms with Gasteiger partial charge in [-0.3, -0.25) is 0 Å². The van der Waals surface area contributed by atoms with Crippen molar-refractivity contribution in [1.29, 1.82) is 5.26 Å². The highest BCUT2D eigenvalue weighted by Crippen LogP contribution is 2.22. The van der Waals surface area contributed by atoms with E-state index in [2.05, 4.69) is 40.7 Å². The van der Waals surface area contributed by atoms with E-state index < -0.39 is 0 Å². The van der Waals surface area contributed by atoms with Gasteiger partial charge >= 0.3 is 0 Å². The Balaban J connectivity index is 3.09. The van der Waals surface area contributed by atoms with Crippen molar-refractivity contribution < 1.29 is 0 Å². The number of hydrogen-bond donors (Lipinski definition) is 0. The molecule has 14 heavy (non-hydrogen) atoms. The Bertz CT molecular complexity index is 351. The second kappa shape index (κ2) is 5.02. The minimum absolute atomic E-state index is 0.696. The lowest BCUT2D eigenvalue weighted by atomic mass is 10.2. The first kappa shape index (κ1) is 11.1. The van der Waals surface area contributed by atoms with Crippen LogP contribution in [0.2, 0.25) is 0 Å². The summed E-state index contributed by atoms with van der Waals surface area (Å²) in [5.41, 5.74) is 1.79. The maximum atomic E-state index is 8.82. The van der Waals surface area contributed by atoms with Crippen LogP contribution in [0.1, 0.15) is 19.4 Å². The van der Waals surface area contributed by atoms with Gasteiger partial charge in [0.1, 0.15) is 0 Å². The molecule has 0 N–H and O–H groups in total. The lowest BCUT2D eigenvalue weighted by molar-refractivity contribution is 0.865. The molecule has 74 valence electrons. The van der Waals surface area contributed by atoms with E-state index in [-0.39, 0.29) is 0 Å². The van der Waals surface area contributed by atoms with Crippen LogP contribution in [0.3, 0.4) is 0 Å². The highest BCUT2D eigenvalue weighted by molar-refractivity contribution is 9.10. The zero-order valence-electron chi connectivity index (χ0n) is 8.42. The van der Waals surface area contributed by atoms with Crippen LogP contribution in [0.25, 0.3) is 0 Å². The van der Waals surface area contributed by atoms with E-state index in [0.717, 1.165) is 23.2 Å². The summed E-state index contributed by atoms with van der Waals surface area (Å²) in [6.07, 6.45) is 0. The largest absolute Gasteiger partial charge is 0.372 e. The molecule has 0 atom stereocenters.